The topological polar surface area (TPSA) is 66.6 Å². The average molecular weight is 288 g/mol. The number of anilines is 1. The van der Waals surface area contributed by atoms with Crippen LogP contribution in [-0.2, 0) is 20.6 Å². The van der Waals surface area contributed by atoms with Crippen molar-refractivity contribution in [2.75, 3.05) is 45.4 Å². The first-order chi connectivity index (χ1) is 9.33. The molecule has 0 saturated heterocycles. The molecule has 1 rings (SSSR count). The number of unbranched alkanes of at least 4 members (excludes halogenated alkanes) is 1. The van der Waals surface area contributed by atoms with Crippen molar-refractivity contribution >= 4 is 16.5 Å². The Balaban J connectivity index is 1.79. The largest absolute Gasteiger partial charge is 0.379 e. The molecule has 0 aliphatic heterocycles. The van der Waals surface area contributed by atoms with E-state index in [2.05, 4.69) is 11.9 Å². The highest BCUT2D eigenvalue weighted by Gasteiger charge is 1.98. The van der Waals surface area contributed by atoms with E-state index in [0.29, 0.717) is 38.2 Å². The van der Waals surface area contributed by atoms with Crippen LogP contribution in [0.15, 0.2) is 6.20 Å². The summed E-state index contributed by atoms with van der Waals surface area (Å²) in [5.41, 5.74) is 5.54. The molecule has 0 atom stereocenters. The molecule has 0 aliphatic rings. The van der Waals surface area contributed by atoms with Crippen LogP contribution >= 0.6 is 11.3 Å². The Bertz CT molecular complexity index is 321. The van der Waals surface area contributed by atoms with Gasteiger partial charge >= 0.3 is 0 Å². The number of thiazole rings is 1. The third-order valence-electron chi connectivity index (χ3n) is 2.45. The van der Waals surface area contributed by atoms with Crippen LogP contribution in [0.4, 0.5) is 5.13 Å². The van der Waals surface area contributed by atoms with Crippen LogP contribution in [-0.4, -0.2) is 44.6 Å². The zero-order chi connectivity index (χ0) is 13.8. The van der Waals surface area contributed by atoms with E-state index in [1.807, 2.05) is 0 Å². The first-order valence-corrected chi connectivity index (χ1v) is 7.58. The smallest absolute Gasteiger partial charge is 0.180 e. The quantitative estimate of drug-likeness (QED) is 0.597. The monoisotopic (exact) mass is 288 g/mol. The molecule has 6 heteroatoms. The number of hydrogen-bond acceptors (Lipinski definition) is 6. The lowest BCUT2D eigenvalue weighted by Crippen LogP contribution is -2.10. The van der Waals surface area contributed by atoms with Gasteiger partial charge in [-0.1, -0.05) is 13.3 Å². The van der Waals surface area contributed by atoms with Crippen LogP contribution in [0.5, 0.6) is 0 Å². The third kappa shape index (κ3) is 8.93. The highest BCUT2D eigenvalue weighted by molar-refractivity contribution is 7.15. The van der Waals surface area contributed by atoms with Gasteiger partial charge in [-0.15, -0.1) is 11.3 Å². The molecule has 110 valence electrons. The molecule has 0 radical (unpaired) electrons. The SMILES string of the molecule is CCCCOCCOCCOCCc1cnc(N)s1. The average Bonchev–Trinajstić information content (AvgIpc) is 2.82. The number of nitrogen functional groups attached to an aromatic ring is 1. The lowest BCUT2D eigenvalue weighted by Gasteiger charge is -2.06. The van der Waals surface area contributed by atoms with Crippen LogP contribution in [0.1, 0.15) is 24.6 Å². The maximum Gasteiger partial charge on any atom is 0.180 e. The van der Waals surface area contributed by atoms with Gasteiger partial charge in [-0.3, -0.25) is 0 Å². The minimum Gasteiger partial charge on any atom is -0.379 e. The van der Waals surface area contributed by atoms with Crippen molar-refractivity contribution in [3.63, 3.8) is 0 Å². The van der Waals surface area contributed by atoms with Crippen molar-refractivity contribution < 1.29 is 14.2 Å². The van der Waals surface area contributed by atoms with E-state index in [9.17, 15) is 0 Å². The fourth-order valence-electron chi connectivity index (χ4n) is 1.40. The van der Waals surface area contributed by atoms with Crippen molar-refractivity contribution in [1.29, 1.82) is 0 Å². The van der Waals surface area contributed by atoms with Gasteiger partial charge < -0.3 is 19.9 Å². The van der Waals surface area contributed by atoms with E-state index in [-0.39, 0.29) is 0 Å². The minimum absolute atomic E-state index is 0.612. The number of nitrogens with two attached hydrogens (primary N) is 1. The Kier molecular flexibility index (Phi) is 9.61. The van der Waals surface area contributed by atoms with Crippen LogP contribution in [0.3, 0.4) is 0 Å². The molecule has 0 unspecified atom stereocenters. The van der Waals surface area contributed by atoms with Crippen LogP contribution < -0.4 is 5.73 Å². The van der Waals surface area contributed by atoms with E-state index < -0.39 is 0 Å². The van der Waals surface area contributed by atoms with Gasteiger partial charge in [0.15, 0.2) is 5.13 Å². The highest BCUT2D eigenvalue weighted by atomic mass is 32.1. The van der Waals surface area contributed by atoms with Gasteiger partial charge in [0.25, 0.3) is 0 Å². The fraction of sp³-hybridized carbons (Fsp3) is 0.769. The standard InChI is InChI=1S/C13H24N2O3S/c1-2-3-5-16-7-9-18-10-8-17-6-4-12-11-15-13(14)19-12/h11H,2-10H2,1H3,(H2,14,15). The molecule has 19 heavy (non-hydrogen) atoms. The molecule has 1 aromatic heterocycles. The predicted molar refractivity (Wildman–Crippen MR) is 77.6 cm³/mol. The summed E-state index contributed by atoms with van der Waals surface area (Å²) in [4.78, 5) is 5.14. The number of rotatable bonds is 12. The predicted octanol–water partition coefficient (Wildman–Crippen LogP) is 2.12. The maximum absolute atomic E-state index is 5.54. The van der Waals surface area contributed by atoms with Crippen LogP contribution in [0.2, 0.25) is 0 Å². The van der Waals surface area contributed by atoms with Gasteiger partial charge in [-0.25, -0.2) is 4.98 Å². The molecule has 2 N–H and O–H groups in total. The minimum atomic E-state index is 0.612. The van der Waals surface area contributed by atoms with E-state index in [0.717, 1.165) is 24.3 Å². The van der Waals surface area contributed by atoms with E-state index in [1.54, 1.807) is 6.20 Å². The first kappa shape index (κ1) is 16.4. The molecule has 0 aromatic carbocycles. The second-order valence-corrected chi connectivity index (χ2v) is 5.25. The van der Waals surface area contributed by atoms with Gasteiger partial charge in [0, 0.05) is 24.1 Å². The van der Waals surface area contributed by atoms with Gasteiger partial charge in [0.05, 0.1) is 33.0 Å². The third-order valence-corrected chi connectivity index (χ3v) is 3.34. The number of nitrogens with zero attached hydrogens (tertiary/aromatic N) is 1. The Morgan fingerprint density at radius 3 is 2.26 bits per heavy atom. The molecular formula is C13H24N2O3S. The molecule has 1 aromatic rings. The maximum atomic E-state index is 5.54. The van der Waals surface area contributed by atoms with Crippen molar-refractivity contribution in [3.05, 3.63) is 11.1 Å². The Morgan fingerprint density at radius 2 is 1.68 bits per heavy atom. The van der Waals surface area contributed by atoms with Gasteiger partial charge in [0.1, 0.15) is 0 Å². The summed E-state index contributed by atoms with van der Waals surface area (Å²) in [7, 11) is 0. The van der Waals surface area contributed by atoms with Crippen LogP contribution in [0, 0.1) is 0 Å². The summed E-state index contributed by atoms with van der Waals surface area (Å²) in [6, 6.07) is 0. The van der Waals surface area contributed by atoms with E-state index in [1.165, 1.54) is 17.8 Å². The number of ether oxygens (including phenoxy) is 3. The Morgan fingerprint density at radius 1 is 1.05 bits per heavy atom. The summed E-state index contributed by atoms with van der Waals surface area (Å²) in [6.07, 6.45) is 4.94. The molecule has 0 saturated carbocycles. The van der Waals surface area contributed by atoms with Gasteiger partial charge in [-0.05, 0) is 6.42 Å². The second-order valence-electron chi connectivity index (χ2n) is 4.11. The molecule has 1 heterocycles. The molecule has 0 aliphatic carbocycles. The normalized spacial score (nSPS) is 11.0. The molecule has 0 spiro atoms. The van der Waals surface area contributed by atoms with E-state index >= 15 is 0 Å². The molecule has 0 fully saturated rings. The number of hydrogen-bond donors (Lipinski definition) is 1. The summed E-state index contributed by atoms with van der Waals surface area (Å²) >= 11 is 1.51. The molecule has 0 amide bonds. The Labute approximate surface area is 119 Å². The van der Waals surface area contributed by atoms with Crippen LogP contribution in [0.25, 0.3) is 0 Å². The van der Waals surface area contributed by atoms with Gasteiger partial charge in [-0.2, -0.15) is 0 Å². The number of aromatic nitrogens is 1. The highest BCUT2D eigenvalue weighted by Crippen LogP contribution is 2.14. The zero-order valence-electron chi connectivity index (χ0n) is 11.6. The second kappa shape index (κ2) is 11.2. The summed E-state index contributed by atoms with van der Waals surface area (Å²) < 4.78 is 16.2. The van der Waals surface area contributed by atoms with Crippen molar-refractivity contribution in [2.24, 2.45) is 0 Å². The summed E-state index contributed by atoms with van der Waals surface area (Å²) in [6.45, 7) is 6.19. The van der Waals surface area contributed by atoms with E-state index in [4.69, 9.17) is 19.9 Å². The van der Waals surface area contributed by atoms with Crippen molar-refractivity contribution in [2.45, 2.75) is 26.2 Å². The van der Waals surface area contributed by atoms with Crippen molar-refractivity contribution in [3.8, 4) is 0 Å². The fourth-order valence-corrected chi connectivity index (χ4v) is 2.06. The lowest BCUT2D eigenvalue weighted by molar-refractivity contribution is 0.0147. The summed E-state index contributed by atoms with van der Waals surface area (Å²) in [5.74, 6) is 0. The summed E-state index contributed by atoms with van der Waals surface area (Å²) in [5, 5.41) is 0.612. The van der Waals surface area contributed by atoms with Crippen molar-refractivity contribution in [1.82, 2.24) is 4.98 Å². The molecular weight excluding hydrogens is 264 g/mol. The zero-order valence-corrected chi connectivity index (χ0v) is 12.4. The first-order valence-electron chi connectivity index (χ1n) is 6.76. The lowest BCUT2D eigenvalue weighted by atomic mass is 10.4. The Hall–Kier alpha value is -0.690. The molecule has 0 bridgehead atoms. The van der Waals surface area contributed by atoms with Gasteiger partial charge in [0.2, 0.25) is 0 Å². The molecule has 5 nitrogen and oxygen atoms in total.